The fourth-order valence-electron chi connectivity index (χ4n) is 0.934. The normalized spacial score (nSPS) is 15.1. The number of amides is 1. The minimum Gasteiger partial charge on any atom is -0.350 e. The zero-order chi connectivity index (χ0) is 11.8. The summed E-state index contributed by atoms with van der Waals surface area (Å²) in [5.41, 5.74) is 2.27. The van der Waals surface area contributed by atoms with Crippen molar-refractivity contribution in [2.24, 2.45) is 0 Å². The average molecular weight is 219 g/mol. The standard InChI is InChI=1S/C10H21NO4/c1-6-10(12)11-15-9(5)14-8(4)13-7(2)3/h7-9H,6H2,1-5H3,(H,11,12). The van der Waals surface area contributed by atoms with Gasteiger partial charge in [0.1, 0.15) is 0 Å². The molecular weight excluding hydrogens is 198 g/mol. The van der Waals surface area contributed by atoms with Gasteiger partial charge >= 0.3 is 0 Å². The van der Waals surface area contributed by atoms with Gasteiger partial charge in [-0.15, -0.1) is 0 Å². The van der Waals surface area contributed by atoms with Gasteiger partial charge in [0.15, 0.2) is 12.6 Å². The summed E-state index contributed by atoms with van der Waals surface area (Å²) in [5, 5.41) is 0. The van der Waals surface area contributed by atoms with Gasteiger partial charge in [-0.1, -0.05) is 6.92 Å². The molecule has 0 saturated heterocycles. The van der Waals surface area contributed by atoms with Crippen LogP contribution in [0.5, 0.6) is 0 Å². The lowest BCUT2D eigenvalue weighted by Gasteiger charge is -2.21. The summed E-state index contributed by atoms with van der Waals surface area (Å²) in [7, 11) is 0. The Labute approximate surface area is 91.0 Å². The topological polar surface area (TPSA) is 56.8 Å². The number of hydrogen-bond acceptors (Lipinski definition) is 4. The van der Waals surface area contributed by atoms with Gasteiger partial charge in [-0.3, -0.25) is 4.79 Å². The molecule has 0 aliphatic carbocycles. The monoisotopic (exact) mass is 219 g/mol. The van der Waals surface area contributed by atoms with Crippen LogP contribution in [0.4, 0.5) is 0 Å². The van der Waals surface area contributed by atoms with E-state index in [2.05, 4.69) is 5.48 Å². The Morgan fingerprint density at radius 3 is 2.20 bits per heavy atom. The van der Waals surface area contributed by atoms with Crippen molar-refractivity contribution in [3.05, 3.63) is 0 Å². The molecular formula is C10H21NO4. The fraction of sp³-hybridized carbons (Fsp3) is 0.900. The van der Waals surface area contributed by atoms with Crippen molar-refractivity contribution in [2.45, 2.75) is 59.7 Å². The lowest BCUT2D eigenvalue weighted by atomic mass is 10.5. The van der Waals surface area contributed by atoms with E-state index >= 15 is 0 Å². The summed E-state index contributed by atoms with van der Waals surface area (Å²) in [6.45, 7) is 9.06. The van der Waals surface area contributed by atoms with Crippen molar-refractivity contribution < 1.29 is 19.1 Å². The molecule has 0 aromatic rings. The van der Waals surface area contributed by atoms with Gasteiger partial charge in [0, 0.05) is 6.42 Å². The van der Waals surface area contributed by atoms with E-state index in [1.54, 1.807) is 20.8 Å². The lowest BCUT2D eigenvalue weighted by molar-refractivity contribution is -0.256. The molecule has 5 heteroatoms. The first-order valence-electron chi connectivity index (χ1n) is 5.21. The molecule has 0 bridgehead atoms. The molecule has 0 aromatic carbocycles. The van der Waals surface area contributed by atoms with Crippen LogP contribution in [0.3, 0.4) is 0 Å². The summed E-state index contributed by atoms with van der Waals surface area (Å²) < 4.78 is 10.6. The highest BCUT2D eigenvalue weighted by Gasteiger charge is 2.11. The SMILES string of the molecule is CCC(=O)NOC(C)OC(C)OC(C)C. The molecule has 1 N–H and O–H groups in total. The minimum atomic E-state index is -0.533. The van der Waals surface area contributed by atoms with Gasteiger partial charge in [-0.2, -0.15) is 0 Å². The number of rotatable bonds is 7. The van der Waals surface area contributed by atoms with Crippen LogP contribution in [-0.4, -0.2) is 24.6 Å². The van der Waals surface area contributed by atoms with Crippen molar-refractivity contribution in [1.29, 1.82) is 0 Å². The molecule has 90 valence electrons. The van der Waals surface area contributed by atoms with Crippen LogP contribution in [-0.2, 0) is 19.1 Å². The molecule has 0 aromatic heterocycles. The fourth-order valence-corrected chi connectivity index (χ4v) is 0.934. The zero-order valence-corrected chi connectivity index (χ0v) is 10.1. The summed E-state index contributed by atoms with van der Waals surface area (Å²) >= 11 is 0. The third-order valence-corrected chi connectivity index (χ3v) is 1.51. The summed E-state index contributed by atoms with van der Waals surface area (Å²) in [5.74, 6) is -0.178. The molecule has 0 radical (unpaired) electrons. The highest BCUT2D eigenvalue weighted by Crippen LogP contribution is 2.03. The lowest BCUT2D eigenvalue weighted by Crippen LogP contribution is -2.32. The summed E-state index contributed by atoms with van der Waals surface area (Å²) in [6.07, 6.45) is -0.421. The Kier molecular flexibility index (Phi) is 7.29. The molecule has 1 amide bonds. The van der Waals surface area contributed by atoms with Crippen LogP contribution in [0.25, 0.3) is 0 Å². The predicted molar refractivity (Wildman–Crippen MR) is 55.7 cm³/mol. The molecule has 15 heavy (non-hydrogen) atoms. The average Bonchev–Trinajstić information content (AvgIpc) is 2.12. The van der Waals surface area contributed by atoms with E-state index in [1.165, 1.54) is 0 Å². The largest absolute Gasteiger partial charge is 0.350 e. The molecule has 0 saturated carbocycles. The van der Waals surface area contributed by atoms with Crippen LogP contribution < -0.4 is 5.48 Å². The van der Waals surface area contributed by atoms with E-state index in [9.17, 15) is 4.79 Å². The van der Waals surface area contributed by atoms with Gasteiger partial charge in [-0.05, 0) is 27.7 Å². The smallest absolute Gasteiger partial charge is 0.243 e. The second-order valence-corrected chi connectivity index (χ2v) is 3.45. The number of nitrogens with one attached hydrogen (secondary N) is 1. The van der Waals surface area contributed by atoms with Crippen molar-refractivity contribution >= 4 is 5.91 Å². The number of carbonyl (C=O) groups is 1. The first-order valence-corrected chi connectivity index (χ1v) is 5.21. The summed E-state index contributed by atoms with van der Waals surface area (Å²) in [4.78, 5) is 15.8. The van der Waals surface area contributed by atoms with Crippen molar-refractivity contribution in [3.63, 3.8) is 0 Å². The quantitative estimate of drug-likeness (QED) is 0.521. The maximum absolute atomic E-state index is 10.9. The van der Waals surface area contributed by atoms with Crippen LogP contribution in [0.2, 0.25) is 0 Å². The number of hydroxylamine groups is 1. The zero-order valence-electron chi connectivity index (χ0n) is 10.1. The third kappa shape index (κ3) is 8.35. The second-order valence-electron chi connectivity index (χ2n) is 3.45. The minimum absolute atomic E-state index is 0.0948. The van der Waals surface area contributed by atoms with Gasteiger partial charge in [0.25, 0.3) is 0 Å². The Hall–Kier alpha value is -0.650. The van der Waals surface area contributed by atoms with Gasteiger partial charge in [-0.25, -0.2) is 10.3 Å². The maximum Gasteiger partial charge on any atom is 0.243 e. The first kappa shape index (κ1) is 14.3. The Morgan fingerprint density at radius 1 is 1.13 bits per heavy atom. The Morgan fingerprint density at radius 2 is 1.73 bits per heavy atom. The van der Waals surface area contributed by atoms with Crippen LogP contribution in [0.1, 0.15) is 41.0 Å². The van der Waals surface area contributed by atoms with Crippen molar-refractivity contribution in [1.82, 2.24) is 5.48 Å². The van der Waals surface area contributed by atoms with Gasteiger partial charge in [0.2, 0.25) is 5.91 Å². The highest BCUT2D eigenvalue weighted by atomic mass is 16.8. The van der Waals surface area contributed by atoms with E-state index in [-0.39, 0.29) is 18.3 Å². The molecule has 0 aliphatic rings. The maximum atomic E-state index is 10.9. The van der Waals surface area contributed by atoms with E-state index in [4.69, 9.17) is 14.3 Å². The first-order chi connectivity index (χ1) is 6.95. The Bertz CT molecular complexity index is 184. The van der Waals surface area contributed by atoms with Crippen LogP contribution in [0, 0.1) is 0 Å². The third-order valence-electron chi connectivity index (χ3n) is 1.51. The molecule has 0 rings (SSSR count). The number of carbonyl (C=O) groups excluding carboxylic acids is 1. The van der Waals surface area contributed by atoms with E-state index in [1.807, 2.05) is 13.8 Å². The molecule has 0 fully saturated rings. The van der Waals surface area contributed by atoms with Gasteiger partial charge < -0.3 is 9.47 Å². The van der Waals surface area contributed by atoms with Crippen molar-refractivity contribution in [3.8, 4) is 0 Å². The molecule has 0 aliphatic heterocycles. The van der Waals surface area contributed by atoms with Crippen LogP contribution >= 0.6 is 0 Å². The predicted octanol–water partition coefficient (Wildman–Crippen LogP) is 1.58. The molecule has 5 nitrogen and oxygen atoms in total. The van der Waals surface area contributed by atoms with Gasteiger partial charge in [0.05, 0.1) is 6.10 Å². The van der Waals surface area contributed by atoms with E-state index in [0.717, 1.165) is 0 Å². The second kappa shape index (κ2) is 7.62. The van der Waals surface area contributed by atoms with Crippen LogP contribution in [0.15, 0.2) is 0 Å². The molecule has 0 heterocycles. The number of ether oxygens (including phenoxy) is 2. The molecule has 2 unspecified atom stereocenters. The summed E-state index contributed by atoms with van der Waals surface area (Å²) in [6, 6.07) is 0. The van der Waals surface area contributed by atoms with E-state index in [0.29, 0.717) is 6.42 Å². The highest BCUT2D eigenvalue weighted by molar-refractivity contribution is 5.74. The number of hydrogen-bond donors (Lipinski definition) is 1. The van der Waals surface area contributed by atoms with E-state index < -0.39 is 6.29 Å². The molecule has 2 atom stereocenters. The van der Waals surface area contributed by atoms with Crippen molar-refractivity contribution in [2.75, 3.05) is 0 Å². The molecule has 0 spiro atoms. The Balaban J connectivity index is 3.63.